The highest BCUT2D eigenvalue weighted by Crippen LogP contribution is 2.17. The fraction of sp³-hybridized carbons (Fsp3) is 0.600. The summed E-state index contributed by atoms with van der Waals surface area (Å²) in [6, 6.07) is 8.25. The van der Waals surface area contributed by atoms with Crippen molar-refractivity contribution in [1.82, 2.24) is 5.32 Å². The Balaban J connectivity index is 2.51. The lowest BCUT2D eigenvalue weighted by molar-refractivity contribution is 0.434. The van der Waals surface area contributed by atoms with Gasteiger partial charge in [-0.15, -0.1) is 0 Å². The van der Waals surface area contributed by atoms with Crippen LogP contribution in [0, 0.1) is 5.92 Å². The number of rotatable bonds is 8. The molecule has 0 spiro atoms. The van der Waals surface area contributed by atoms with Gasteiger partial charge in [0.05, 0.1) is 0 Å². The van der Waals surface area contributed by atoms with Crippen LogP contribution in [-0.2, 0) is 6.42 Å². The van der Waals surface area contributed by atoms with Gasteiger partial charge in [-0.25, -0.2) is 0 Å². The van der Waals surface area contributed by atoms with Crippen LogP contribution in [0.4, 0.5) is 0 Å². The van der Waals surface area contributed by atoms with Crippen LogP contribution in [0.3, 0.4) is 0 Å². The lowest BCUT2D eigenvalue weighted by Gasteiger charge is -2.17. The van der Waals surface area contributed by atoms with Gasteiger partial charge in [-0.1, -0.05) is 50.4 Å². The van der Waals surface area contributed by atoms with Gasteiger partial charge in [-0.3, -0.25) is 0 Å². The standard InChI is InChI=1S/C15H24ClN/c1-3-5-7-14(12-17-4-2)10-13-8-6-9-15(16)11-13/h6,8-9,11,14,17H,3-5,7,10,12H2,1-2H3. The summed E-state index contributed by atoms with van der Waals surface area (Å²) in [6.07, 6.45) is 5.03. The highest BCUT2D eigenvalue weighted by atomic mass is 35.5. The third kappa shape index (κ3) is 6.09. The summed E-state index contributed by atoms with van der Waals surface area (Å²) >= 11 is 6.02. The Hall–Kier alpha value is -0.530. The molecular weight excluding hydrogens is 230 g/mol. The van der Waals surface area contributed by atoms with Gasteiger partial charge in [0, 0.05) is 5.02 Å². The first-order valence-electron chi connectivity index (χ1n) is 6.71. The van der Waals surface area contributed by atoms with Crippen molar-refractivity contribution in [2.24, 2.45) is 5.92 Å². The topological polar surface area (TPSA) is 12.0 Å². The lowest BCUT2D eigenvalue weighted by Crippen LogP contribution is -2.24. The van der Waals surface area contributed by atoms with E-state index in [2.05, 4.69) is 31.3 Å². The van der Waals surface area contributed by atoms with E-state index < -0.39 is 0 Å². The number of hydrogen-bond acceptors (Lipinski definition) is 1. The van der Waals surface area contributed by atoms with Gasteiger partial charge in [0.2, 0.25) is 0 Å². The van der Waals surface area contributed by atoms with Crippen LogP contribution in [0.2, 0.25) is 5.02 Å². The maximum atomic E-state index is 6.02. The van der Waals surface area contributed by atoms with Crippen LogP contribution in [0.1, 0.15) is 38.7 Å². The Labute approximate surface area is 111 Å². The smallest absolute Gasteiger partial charge is 0.0408 e. The van der Waals surface area contributed by atoms with Crippen LogP contribution >= 0.6 is 11.6 Å². The van der Waals surface area contributed by atoms with E-state index in [0.717, 1.165) is 30.5 Å². The third-order valence-corrected chi connectivity index (χ3v) is 3.30. The van der Waals surface area contributed by atoms with Gasteiger partial charge in [-0.05, 0) is 49.5 Å². The summed E-state index contributed by atoms with van der Waals surface area (Å²) in [4.78, 5) is 0. The van der Waals surface area contributed by atoms with Crippen molar-refractivity contribution < 1.29 is 0 Å². The second-order valence-corrected chi connectivity index (χ2v) is 5.09. The van der Waals surface area contributed by atoms with E-state index in [1.54, 1.807) is 0 Å². The molecule has 1 aromatic rings. The number of hydrogen-bond donors (Lipinski definition) is 1. The molecule has 1 rings (SSSR count). The normalized spacial score (nSPS) is 12.6. The first-order chi connectivity index (χ1) is 8.26. The molecule has 1 unspecified atom stereocenters. The highest BCUT2D eigenvalue weighted by molar-refractivity contribution is 6.30. The maximum absolute atomic E-state index is 6.02. The fourth-order valence-electron chi connectivity index (χ4n) is 2.11. The summed E-state index contributed by atoms with van der Waals surface area (Å²) in [7, 11) is 0. The number of nitrogens with one attached hydrogen (secondary N) is 1. The van der Waals surface area contributed by atoms with Crippen LogP contribution in [0.15, 0.2) is 24.3 Å². The molecule has 0 fully saturated rings. The van der Waals surface area contributed by atoms with Crippen LogP contribution in [0.25, 0.3) is 0 Å². The Kier molecular flexibility index (Phi) is 7.30. The summed E-state index contributed by atoms with van der Waals surface area (Å²) in [5.74, 6) is 0.730. The van der Waals surface area contributed by atoms with Crippen LogP contribution in [0.5, 0.6) is 0 Å². The predicted molar refractivity (Wildman–Crippen MR) is 76.7 cm³/mol. The third-order valence-electron chi connectivity index (χ3n) is 3.06. The molecule has 0 amide bonds. The Morgan fingerprint density at radius 3 is 2.76 bits per heavy atom. The summed E-state index contributed by atoms with van der Waals surface area (Å²) < 4.78 is 0. The average Bonchev–Trinajstić information content (AvgIpc) is 2.32. The van der Waals surface area contributed by atoms with Gasteiger partial charge in [0.25, 0.3) is 0 Å². The Bertz CT molecular complexity index is 304. The monoisotopic (exact) mass is 253 g/mol. The molecular formula is C15H24ClN. The predicted octanol–water partition coefficient (Wildman–Crippen LogP) is 4.30. The van der Waals surface area contributed by atoms with Crippen molar-refractivity contribution >= 4 is 11.6 Å². The fourth-order valence-corrected chi connectivity index (χ4v) is 2.33. The molecule has 0 heterocycles. The lowest BCUT2D eigenvalue weighted by atomic mass is 9.94. The molecule has 96 valence electrons. The van der Waals surface area contributed by atoms with E-state index in [9.17, 15) is 0 Å². The zero-order chi connectivity index (χ0) is 12.5. The summed E-state index contributed by atoms with van der Waals surface area (Å²) in [5, 5.41) is 4.31. The van der Waals surface area contributed by atoms with Crippen molar-refractivity contribution in [3.8, 4) is 0 Å². The van der Waals surface area contributed by atoms with Gasteiger partial charge >= 0.3 is 0 Å². The van der Waals surface area contributed by atoms with Gasteiger partial charge in [0.15, 0.2) is 0 Å². The molecule has 0 radical (unpaired) electrons. The number of unbranched alkanes of at least 4 members (excludes halogenated alkanes) is 1. The Morgan fingerprint density at radius 2 is 2.12 bits per heavy atom. The average molecular weight is 254 g/mol. The minimum atomic E-state index is 0.730. The molecule has 0 bridgehead atoms. The zero-order valence-corrected chi connectivity index (χ0v) is 11.8. The molecule has 1 nitrogen and oxygen atoms in total. The van der Waals surface area contributed by atoms with E-state index in [1.807, 2.05) is 12.1 Å². The Morgan fingerprint density at radius 1 is 1.29 bits per heavy atom. The molecule has 1 aromatic carbocycles. The van der Waals surface area contributed by atoms with Crippen molar-refractivity contribution in [1.29, 1.82) is 0 Å². The van der Waals surface area contributed by atoms with Gasteiger partial charge in [0.1, 0.15) is 0 Å². The molecule has 1 atom stereocenters. The first-order valence-corrected chi connectivity index (χ1v) is 7.09. The summed E-state index contributed by atoms with van der Waals surface area (Å²) in [6.45, 7) is 6.58. The van der Waals surface area contributed by atoms with Crippen molar-refractivity contribution in [3.63, 3.8) is 0 Å². The SMILES string of the molecule is CCCCC(CNCC)Cc1cccc(Cl)c1. The molecule has 0 aliphatic heterocycles. The zero-order valence-electron chi connectivity index (χ0n) is 11.0. The quantitative estimate of drug-likeness (QED) is 0.729. The molecule has 1 N–H and O–H groups in total. The number of halogens is 1. The van der Waals surface area contributed by atoms with Gasteiger partial charge < -0.3 is 5.32 Å². The van der Waals surface area contributed by atoms with Crippen LogP contribution < -0.4 is 5.32 Å². The molecule has 17 heavy (non-hydrogen) atoms. The second kappa shape index (κ2) is 8.54. The second-order valence-electron chi connectivity index (χ2n) is 4.65. The van der Waals surface area contributed by atoms with Crippen molar-refractivity contribution in [3.05, 3.63) is 34.9 Å². The molecule has 0 aromatic heterocycles. The van der Waals surface area contributed by atoms with Crippen LogP contribution in [-0.4, -0.2) is 13.1 Å². The largest absolute Gasteiger partial charge is 0.317 e. The minimum Gasteiger partial charge on any atom is -0.317 e. The summed E-state index contributed by atoms with van der Waals surface area (Å²) in [5.41, 5.74) is 1.36. The number of benzene rings is 1. The van der Waals surface area contributed by atoms with E-state index in [1.165, 1.54) is 24.8 Å². The molecule has 0 aliphatic carbocycles. The van der Waals surface area contributed by atoms with E-state index in [-0.39, 0.29) is 0 Å². The first kappa shape index (κ1) is 14.5. The molecule has 2 heteroatoms. The molecule has 0 saturated carbocycles. The van der Waals surface area contributed by atoms with Crippen molar-refractivity contribution in [2.45, 2.75) is 39.5 Å². The minimum absolute atomic E-state index is 0.730. The van der Waals surface area contributed by atoms with E-state index in [4.69, 9.17) is 11.6 Å². The molecule has 0 saturated heterocycles. The van der Waals surface area contributed by atoms with E-state index >= 15 is 0 Å². The van der Waals surface area contributed by atoms with Gasteiger partial charge in [-0.2, -0.15) is 0 Å². The maximum Gasteiger partial charge on any atom is 0.0408 e. The molecule has 0 aliphatic rings. The van der Waals surface area contributed by atoms with E-state index in [0.29, 0.717) is 0 Å². The highest BCUT2D eigenvalue weighted by Gasteiger charge is 2.09. The van der Waals surface area contributed by atoms with Crippen molar-refractivity contribution in [2.75, 3.05) is 13.1 Å².